The van der Waals surface area contributed by atoms with Gasteiger partial charge in [-0.3, -0.25) is 9.78 Å². The lowest BCUT2D eigenvalue weighted by Crippen LogP contribution is -2.31. The lowest BCUT2D eigenvalue weighted by atomic mass is 10.1. The normalized spacial score (nSPS) is 10.9. The van der Waals surface area contributed by atoms with Gasteiger partial charge in [0.2, 0.25) is 0 Å². The van der Waals surface area contributed by atoms with Crippen molar-refractivity contribution in [2.24, 2.45) is 5.73 Å². The summed E-state index contributed by atoms with van der Waals surface area (Å²) in [5.41, 5.74) is 7.85. The van der Waals surface area contributed by atoms with E-state index in [1.807, 2.05) is 41.3 Å². The van der Waals surface area contributed by atoms with Gasteiger partial charge in [-0.15, -0.1) is 0 Å². The molecule has 1 amide bonds. The number of nitrogens with two attached hydrogens (primary N) is 1. The number of anilines is 1. The lowest BCUT2D eigenvalue weighted by Gasteiger charge is -2.25. The molecule has 4 N–H and O–H groups in total. The third-order valence-electron chi connectivity index (χ3n) is 5.22. The molecule has 34 heavy (non-hydrogen) atoms. The highest BCUT2D eigenvalue weighted by molar-refractivity contribution is 6.34. The first-order valence-electron chi connectivity index (χ1n) is 10.7. The number of amides is 1. The monoisotopic (exact) mass is 495 g/mol. The van der Waals surface area contributed by atoms with Gasteiger partial charge < -0.3 is 21.1 Å². The number of carbonyl (C=O) groups excluding carboxylic acids is 1. The SMILES string of the molecule is NCCN(Cc1ccccc1)c1nc(C(=O)NCc2cc(Cl)cc(Cl)c2)c(O)c2ncccc12. The largest absolute Gasteiger partial charge is 0.504 e. The van der Waals surface area contributed by atoms with Crippen LogP contribution in [-0.2, 0) is 13.1 Å². The van der Waals surface area contributed by atoms with Crippen LogP contribution in [0.15, 0.2) is 66.9 Å². The fourth-order valence-corrected chi connectivity index (χ4v) is 4.27. The smallest absolute Gasteiger partial charge is 0.274 e. The molecule has 0 fully saturated rings. The molecule has 0 aliphatic heterocycles. The van der Waals surface area contributed by atoms with E-state index in [1.165, 1.54) is 0 Å². The number of aromatic hydroxyl groups is 1. The zero-order valence-electron chi connectivity index (χ0n) is 18.2. The molecule has 0 radical (unpaired) electrons. The van der Waals surface area contributed by atoms with Crippen LogP contribution in [0.3, 0.4) is 0 Å². The van der Waals surface area contributed by atoms with Crippen LogP contribution in [0, 0.1) is 0 Å². The molecule has 2 aromatic heterocycles. The fourth-order valence-electron chi connectivity index (χ4n) is 3.70. The van der Waals surface area contributed by atoms with Gasteiger partial charge in [0.15, 0.2) is 11.4 Å². The fraction of sp³-hybridized carbons (Fsp3) is 0.160. The van der Waals surface area contributed by atoms with E-state index < -0.39 is 5.91 Å². The molecule has 4 rings (SSSR count). The second-order valence-electron chi connectivity index (χ2n) is 7.69. The lowest BCUT2D eigenvalue weighted by molar-refractivity contribution is 0.0943. The Morgan fingerprint density at radius 3 is 2.47 bits per heavy atom. The minimum atomic E-state index is -0.546. The molecule has 9 heteroatoms. The van der Waals surface area contributed by atoms with Crippen LogP contribution in [0.5, 0.6) is 5.75 Å². The van der Waals surface area contributed by atoms with Gasteiger partial charge in [0.1, 0.15) is 11.3 Å². The van der Waals surface area contributed by atoms with Crippen molar-refractivity contribution in [2.75, 3.05) is 18.0 Å². The van der Waals surface area contributed by atoms with Gasteiger partial charge in [-0.25, -0.2) is 4.98 Å². The second kappa shape index (κ2) is 10.7. The summed E-state index contributed by atoms with van der Waals surface area (Å²) >= 11 is 12.1. The summed E-state index contributed by atoms with van der Waals surface area (Å²) in [6.07, 6.45) is 1.56. The van der Waals surface area contributed by atoms with Crippen molar-refractivity contribution in [1.29, 1.82) is 0 Å². The minimum Gasteiger partial charge on any atom is -0.504 e. The summed E-state index contributed by atoms with van der Waals surface area (Å²) in [5, 5.41) is 15.2. The molecule has 2 aromatic carbocycles. The van der Waals surface area contributed by atoms with Gasteiger partial charge in [0.25, 0.3) is 5.91 Å². The van der Waals surface area contributed by atoms with Crippen molar-refractivity contribution in [3.05, 3.63) is 93.7 Å². The van der Waals surface area contributed by atoms with Crippen LogP contribution in [0.1, 0.15) is 21.6 Å². The Morgan fingerprint density at radius 1 is 1.03 bits per heavy atom. The predicted octanol–water partition coefficient (Wildman–Crippen LogP) is 4.54. The number of carbonyl (C=O) groups is 1. The number of benzene rings is 2. The molecule has 0 saturated heterocycles. The second-order valence-corrected chi connectivity index (χ2v) is 8.56. The van der Waals surface area contributed by atoms with E-state index in [4.69, 9.17) is 28.9 Å². The van der Waals surface area contributed by atoms with Gasteiger partial charge in [-0.05, 0) is 41.5 Å². The van der Waals surface area contributed by atoms with Crippen molar-refractivity contribution in [3.63, 3.8) is 0 Å². The summed E-state index contributed by atoms with van der Waals surface area (Å²) in [5.74, 6) is -0.311. The minimum absolute atomic E-state index is 0.121. The first-order chi connectivity index (χ1) is 16.5. The molecule has 0 unspecified atom stereocenters. The van der Waals surface area contributed by atoms with Crippen LogP contribution < -0.4 is 16.0 Å². The number of hydrogen-bond acceptors (Lipinski definition) is 6. The van der Waals surface area contributed by atoms with Gasteiger partial charge >= 0.3 is 0 Å². The van der Waals surface area contributed by atoms with Gasteiger partial charge in [0.05, 0.1) is 0 Å². The van der Waals surface area contributed by atoms with Crippen LogP contribution in [0.25, 0.3) is 10.9 Å². The van der Waals surface area contributed by atoms with Crippen LogP contribution >= 0.6 is 23.2 Å². The Balaban J connectivity index is 1.71. The number of rotatable bonds is 8. The summed E-state index contributed by atoms with van der Waals surface area (Å²) in [6, 6.07) is 18.5. The van der Waals surface area contributed by atoms with Crippen molar-refractivity contribution >= 4 is 45.8 Å². The van der Waals surface area contributed by atoms with Crippen molar-refractivity contribution < 1.29 is 9.90 Å². The van der Waals surface area contributed by atoms with Crippen LogP contribution in [0.2, 0.25) is 10.0 Å². The number of fused-ring (bicyclic) bond motifs is 1. The Morgan fingerprint density at radius 2 is 1.76 bits per heavy atom. The molecule has 4 aromatic rings. The van der Waals surface area contributed by atoms with E-state index in [2.05, 4.69) is 15.3 Å². The maximum Gasteiger partial charge on any atom is 0.274 e. The maximum absolute atomic E-state index is 13.1. The first-order valence-corrected chi connectivity index (χ1v) is 11.4. The van der Waals surface area contributed by atoms with E-state index in [0.717, 1.165) is 11.1 Å². The number of pyridine rings is 2. The topological polar surface area (TPSA) is 104 Å². The number of nitrogens with zero attached hydrogens (tertiary/aromatic N) is 3. The Kier molecular flexibility index (Phi) is 7.47. The molecule has 0 aliphatic rings. The van der Waals surface area contributed by atoms with Crippen LogP contribution in [0.4, 0.5) is 5.82 Å². The highest BCUT2D eigenvalue weighted by Gasteiger charge is 2.23. The van der Waals surface area contributed by atoms with Crippen molar-refractivity contribution in [3.8, 4) is 5.75 Å². The molecule has 7 nitrogen and oxygen atoms in total. The summed E-state index contributed by atoms with van der Waals surface area (Å²) in [4.78, 5) is 23.9. The third-order valence-corrected chi connectivity index (χ3v) is 5.66. The Labute approximate surface area is 207 Å². The highest BCUT2D eigenvalue weighted by atomic mass is 35.5. The highest BCUT2D eigenvalue weighted by Crippen LogP contribution is 2.33. The molecule has 0 saturated carbocycles. The quantitative estimate of drug-likeness (QED) is 0.331. The zero-order chi connectivity index (χ0) is 24.1. The predicted molar refractivity (Wildman–Crippen MR) is 135 cm³/mol. The van der Waals surface area contributed by atoms with E-state index in [0.29, 0.717) is 46.4 Å². The summed E-state index contributed by atoms with van der Waals surface area (Å²) in [6.45, 7) is 1.57. The average molecular weight is 496 g/mol. The average Bonchev–Trinajstić information content (AvgIpc) is 2.83. The summed E-state index contributed by atoms with van der Waals surface area (Å²) in [7, 11) is 0. The van der Waals surface area contributed by atoms with E-state index >= 15 is 0 Å². The maximum atomic E-state index is 13.1. The molecule has 0 bridgehead atoms. The number of hydrogen-bond donors (Lipinski definition) is 3. The molecule has 0 spiro atoms. The standard InChI is InChI=1S/C25H23Cl2N5O2/c26-18-11-17(12-19(27)13-18)14-30-25(34)22-23(33)21-20(7-4-9-29-21)24(31-22)32(10-8-28)15-16-5-2-1-3-6-16/h1-7,9,11-13,33H,8,10,14-15,28H2,(H,30,34). The molecule has 0 aliphatic carbocycles. The number of halogens is 2. The number of aromatic nitrogens is 2. The molecule has 0 atom stereocenters. The Bertz CT molecular complexity index is 1300. The van der Waals surface area contributed by atoms with Crippen LogP contribution in [-0.4, -0.2) is 34.1 Å². The van der Waals surface area contributed by atoms with Gasteiger partial charge in [-0.2, -0.15) is 0 Å². The number of nitrogens with one attached hydrogen (secondary N) is 1. The first kappa shape index (κ1) is 23.8. The molecular weight excluding hydrogens is 473 g/mol. The van der Waals surface area contributed by atoms with Gasteiger partial charge in [0, 0.05) is 47.8 Å². The van der Waals surface area contributed by atoms with Gasteiger partial charge in [-0.1, -0.05) is 53.5 Å². The third kappa shape index (κ3) is 5.39. The summed E-state index contributed by atoms with van der Waals surface area (Å²) < 4.78 is 0. The van der Waals surface area contributed by atoms with E-state index in [9.17, 15) is 9.90 Å². The zero-order valence-corrected chi connectivity index (χ0v) is 19.7. The van der Waals surface area contributed by atoms with E-state index in [1.54, 1.807) is 30.5 Å². The molecular formula is C25H23Cl2N5O2. The molecule has 174 valence electrons. The Hall–Kier alpha value is -3.39. The van der Waals surface area contributed by atoms with E-state index in [-0.39, 0.29) is 18.0 Å². The van der Waals surface area contributed by atoms with Crippen molar-refractivity contribution in [1.82, 2.24) is 15.3 Å². The van der Waals surface area contributed by atoms with Crippen molar-refractivity contribution in [2.45, 2.75) is 13.1 Å². The molecule has 2 heterocycles.